The van der Waals surface area contributed by atoms with Crippen LogP contribution in [0.1, 0.15) is 54.7 Å². The molecule has 182 valence electrons. The molecule has 0 saturated carbocycles. The van der Waals surface area contributed by atoms with Crippen molar-refractivity contribution in [1.29, 1.82) is 0 Å². The number of piperazine rings is 1. The summed E-state index contributed by atoms with van der Waals surface area (Å²) in [6.07, 6.45) is 1.56. The number of pyridine rings is 1. The Labute approximate surface area is 202 Å². The molecule has 1 aromatic carbocycles. The van der Waals surface area contributed by atoms with Gasteiger partial charge in [-0.05, 0) is 75.4 Å². The first-order valence-corrected chi connectivity index (χ1v) is 12.1. The maximum atomic E-state index is 13.3. The van der Waals surface area contributed by atoms with E-state index >= 15 is 0 Å². The lowest BCUT2D eigenvalue weighted by molar-refractivity contribution is 0.0592. The number of ether oxygens (including phenoxy) is 1. The van der Waals surface area contributed by atoms with Gasteiger partial charge >= 0.3 is 6.09 Å². The molecule has 1 atom stereocenters. The van der Waals surface area contributed by atoms with Crippen LogP contribution >= 0.6 is 0 Å². The van der Waals surface area contributed by atoms with Crippen molar-refractivity contribution in [1.82, 2.24) is 9.88 Å². The van der Waals surface area contributed by atoms with Gasteiger partial charge in [-0.15, -0.1) is 0 Å². The van der Waals surface area contributed by atoms with Crippen LogP contribution in [0.25, 0.3) is 0 Å². The van der Waals surface area contributed by atoms with Gasteiger partial charge in [0.25, 0.3) is 5.91 Å². The largest absolute Gasteiger partial charge is 0.441 e. The van der Waals surface area contributed by atoms with E-state index in [1.807, 2.05) is 57.0 Å². The number of amides is 2. The molecule has 34 heavy (non-hydrogen) atoms. The van der Waals surface area contributed by atoms with Crippen LogP contribution in [0.15, 0.2) is 30.5 Å². The molecule has 4 rings (SSSR count). The Bertz CT molecular complexity index is 1100. The van der Waals surface area contributed by atoms with E-state index in [1.54, 1.807) is 4.90 Å². The van der Waals surface area contributed by atoms with E-state index in [2.05, 4.69) is 36.7 Å². The Kier molecular flexibility index (Phi) is 6.32. The van der Waals surface area contributed by atoms with Gasteiger partial charge in [-0.25, -0.2) is 9.78 Å². The van der Waals surface area contributed by atoms with Crippen LogP contribution in [-0.4, -0.2) is 59.7 Å². The third-order valence-electron chi connectivity index (χ3n) is 6.94. The number of hydrogen-bond donors (Lipinski definition) is 0. The van der Waals surface area contributed by atoms with Gasteiger partial charge in [0.05, 0.1) is 6.04 Å². The molecule has 0 radical (unpaired) electrons. The third kappa shape index (κ3) is 4.36. The van der Waals surface area contributed by atoms with Crippen LogP contribution in [-0.2, 0) is 4.74 Å². The summed E-state index contributed by atoms with van der Waals surface area (Å²) in [4.78, 5) is 36.5. The second kappa shape index (κ2) is 8.93. The number of anilines is 2. The number of carbonyl (C=O) groups excluding carboxylic acids is 2. The maximum absolute atomic E-state index is 13.3. The van der Waals surface area contributed by atoms with Crippen LogP contribution in [0.5, 0.6) is 0 Å². The first-order chi connectivity index (χ1) is 16.0. The Morgan fingerprint density at radius 1 is 1.06 bits per heavy atom. The second-order valence-corrected chi connectivity index (χ2v) is 10.5. The summed E-state index contributed by atoms with van der Waals surface area (Å²) in [6, 6.07) is 7.72. The summed E-state index contributed by atoms with van der Waals surface area (Å²) in [7, 11) is 0. The van der Waals surface area contributed by atoms with Gasteiger partial charge in [0.2, 0.25) is 0 Å². The highest BCUT2D eigenvalue weighted by Gasteiger charge is 2.49. The number of rotatable bonds is 4. The molecule has 1 unspecified atom stereocenters. The van der Waals surface area contributed by atoms with Gasteiger partial charge in [-0.3, -0.25) is 9.69 Å². The predicted molar refractivity (Wildman–Crippen MR) is 135 cm³/mol. The summed E-state index contributed by atoms with van der Waals surface area (Å²) >= 11 is 0. The minimum Gasteiger partial charge on any atom is -0.441 e. The average Bonchev–Trinajstić information content (AvgIpc) is 3.01. The minimum atomic E-state index is -0.571. The first-order valence-electron chi connectivity index (χ1n) is 12.1. The van der Waals surface area contributed by atoms with Crippen LogP contribution in [0, 0.1) is 26.7 Å². The van der Waals surface area contributed by atoms with Gasteiger partial charge < -0.3 is 14.5 Å². The zero-order valence-electron chi connectivity index (χ0n) is 21.4. The van der Waals surface area contributed by atoms with Gasteiger partial charge in [0.1, 0.15) is 11.4 Å². The average molecular weight is 465 g/mol. The molecule has 2 fully saturated rings. The normalized spacial score (nSPS) is 20.2. The van der Waals surface area contributed by atoms with Crippen molar-refractivity contribution in [3.8, 4) is 0 Å². The first kappa shape index (κ1) is 24.0. The summed E-state index contributed by atoms with van der Waals surface area (Å²) in [5, 5.41) is 0. The van der Waals surface area contributed by atoms with E-state index in [0.717, 1.165) is 41.3 Å². The molecule has 0 aliphatic carbocycles. The van der Waals surface area contributed by atoms with Crippen molar-refractivity contribution in [3.05, 3.63) is 52.7 Å². The number of hydrogen-bond acceptors (Lipinski definition) is 5. The molecule has 3 heterocycles. The molecular formula is C27H36N4O3. The van der Waals surface area contributed by atoms with E-state index in [1.165, 1.54) is 0 Å². The summed E-state index contributed by atoms with van der Waals surface area (Å²) in [5.41, 5.74) is 4.05. The molecule has 2 saturated heterocycles. The quantitative estimate of drug-likeness (QED) is 0.655. The van der Waals surface area contributed by atoms with Crippen LogP contribution in [0.3, 0.4) is 0 Å². The highest BCUT2D eigenvalue weighted by molar-refractivity contribution is 5.97. The van der Waals surface area contributed by atoms with Crippen LogP contribution in [0.2, 0.25) is 0 Å². The fourth-order valence-corrected chi connectivity index (χ4v) is 5.49. The molecule has 2 aromatic rings. The molecule has 2 amide bonds. The predicted octanol–water partition coefficient (Wildman–Crippen LogP) is 4.73. The third-order valence-corrected chi connectivity index (χ3v) is 6.94. The maximum Gasteiger partial charge on any atom is 0.415 e. The number of aryl methyl sites for hydroxylation is 3. The van der Waals surface area contributed by atoms with E-state index in [9.17, 15) is 9.59 Å². The lowest BCUT2D eigenvalue weighted by atomic mass is 9.88. The van der Waals surface area contributed by atoms with Gasteiger partial charge in [0.15, 0.2) is 0 Å². The van der Waals surface area contributed by atoms with Crippen LogP contribution in [0.4, 0.5) is 16.3 Å². The Hall–Kier alpha value is -3.09. The summed E-state index contributed by atoms with van der Waals surface area (Å²) in [6.45, 7) is 17.0. The van der Waals surface area contributed by atoms with Crippen LogP contribution < -0.4 is 9.80 Å². The number of benzene rings is 1. The lowest BCUT2D eigenvalue weighted by Crippen LogP contribution is -2.49. The van der Waals surface area contributed by atoms with E-state index in [0.29, 0.717) is 18.7 Å². The molecule has 2 aliphatic rings. The SMILES string of the molecule is Cc1cnc(N2CCN(C(=O)c3ccc(N4C(=O)OC(C)(C)C4C(C)C)cc3C)CC2)c(C)c1. The van der Waals surface area contributed by atoms with Gasteiger partial charge in [-0.1, -0.05) is 19.9 Å². The Balaban J connectivity index is 1.48. The molecule has 7 nitrogen and oxygen atoms in total. The number of aromatic nitrogens is 1. The minimum absolute atomic E-state index is 0.0297. The fraction of sp³-hybridized carbons (Fsp3) is 0.519. The molecule has 0 bridgehead atoms. The topological polar surface area (TPSA) is 66.0 Å². The molecular weight excluding hydrogens is 428 g/mol. The van der Waals surface area contributed by atoms with E-state index < -0.39 is 5.60 Å². The number of cyclic esters (lactones) is 1. The van der Waals surface area contributed by atoms with Crippen molar-refractivity contribution in [2.24, 2.45) is 5.92 Å². The van der Waals surface area contributed by atoms with Gasteiger partial charge in [0, 0.05) is 43.6 Å². The smallest absolute Gasteiger partial charge is 0.415 e. The van der Waals surface area contributed by atoms with Crippen molar-refractivity contribution in [3.63, 3.8) is 0 Å². The highest BCUT2D eigenvalue weighted by atomic mass is 16.6. The molecule has 2 aliphatic heterocycles. The standard InChI is InChI=1S/C27H36N4O3/c1-17(2)23-27(6,7)34-26(33)31(23)21-8-9-22(19(4)15-21)25(32)30-12-10-29(11-13-30)24-20(5)14-18(3)16-28-24/h8-9,14-17,23H,10-13H2,1-7H3. The molecule has 7 heteroatoms. The molecule has 0 N–H and O–H groups in total. The van der Waals surface area contributed by atoms with E-state index in [4.69, 9.17) is 4.74 Å². The second-order valence-electron chi connectivity index (χ2n) is 10.5. The zero-order chi connectivity index (χ0) is 24.8. The number of carbonyl (C=O) groups is 2. The molecule has 0 spiro atoms. The zero-order valence-corrected chi connectivity index (χ0v) is 21.4. The number of nitrogens with zero attached hydrogens (tertiary/aromatic N) is 4. The Morgan fingerprint density at radius 3 is 2.32 bits per heavy atom. The lowest BCUT2D eigenvalue weighted by Gasteiger charge is -2.36. The van der Waals surface area contributed by atoms with Crippen molar-refractivity contribution >= 4 is 23.5 Å². The Morgan fingerprint density at radius 2 is 1.74 bits per heavy atom. The van der Waals surface area contributed by atoms with Gasteiger partial charge in [-0.2, -0.15) is 0 Å². The van der Waals surface area contributed by atoms with Crippen molar-refractivity contribution < 1.29 is 14.3 Å². The van der Waals surface area contributed by atoms with E-state index in [-0.39, 0.29) is 24.0 Å². The van der Waals surface area contributed by atoms with Crippen molar-refractivity contribution in [2.45, 2.75) is 60.1 Å². The molecule has 1 aromatic heterocycles. The summed E-state index contributed by atoms with van der Waals surface area (Å²) in [5.74, 6) is 1.26. The fourth-order valence-electron chi connectivity index (χ4n) is 5.49. The van der Waals surface area contributed by atoms with Crippen molar-refractivity contribution in [2.75, 3.05) is 36.0 Å². The monoisotopic (exact) mass is 464 g/mol. The summed E-state index contributed by atoms with van der Waals surface area (Å²) < 4.78 is 5.67. The highest BCUT2D eigenvalue weighted by Crippen LogP contribution is 2.38.